The first-order valence-corrected chi connectivity index (χ1v) is 9.51. The number of halogens is 2. The number of benzene rings is 2. The lowest BCUT2D eigenvalue weighted by molar-refractivity contribution is 0.0453. The van der Waals surface area contributed by atoms with Gasteiger partial charge in [0.1, 0.15) is 0 Å². The Hall–Kier alpha value is -1.35. The van der Waals surface area contributed by atoms with Crippen LogP contribution in [0.4, 0.5) is 0 Å². The van der Waals surface area contributed by atoms with Gasteiger partial charge in [-0.3, -0.25) is 4.99 Å². The van der Waals surface area contributed by atoms with Crippen molar-refractivity contribution >= 4 is 41.5 Å². The summed E-state index contributed by atoms with van der Waals surface area (Å²) in [4.78, 5) is 4.26. The zero-order chi connectivity index (χ0) is 19.3. The van der Waals surface area contributed by atoms with E-state index >= 15 is 0 Å². The Morgan fingerprint density at radius 2 is 1.54 bits per heavy atom. The second kappa shape index (κ2) is 14.6. The van der Waals surface area contributed by atoms with Crippen molar-refractivity contribution in [3.63, 3.8) is 0 Å². The van der Waals surface area contributed by atoms with Crippen LogP contribution in [0.15, 0.2) is 53.5 Å². The van der Waals surface area contributed by atoms with Crippen molar-refractivity contribution < 1.29 is 9.47 Å². The molecule has 0 bridgehead atoms. The number of nitrogens with one attached hydrogen (secondary N) is 2. The maximum atomic E-state index is 6.02. The van der Waals surface area contributed by atoms with Gasteiger partial charge in [-0.1, -0.05) is 48.0 Å². The zero-order valence-corrected chi connectivity index (χ0v) is 19.5. The lowest BCUT2D eigenvalue weighted by Crippen LogP contribution is -2.36. The van der Waals surface area contributed by atoms with Crippen molar-refractivity contribution in [3.8, 4) is 0 Å². The second-order valence-corrected chi connectivity index (χ2v) is 6.42. The number of rotatable bonds is 10. The van der Waals surface area contributed by atoms with Gasteiger partial charge in [-0.15, -0.1) is 24.0 Å². The predicted molar refractivity (Wildman–Crippen MR) is 126 cm³/mol. The van der Waals surface area contributed by atoms with Crippen molar-refractivity contribution in [1.29, 1.82) is 0 Å². The van der Waals surface area contributed by atoms with Gasteiger partial charge in [0.25, 0.3) is 0 Å². The average Bonchev–Trinajstić information content (AvgIpc) is 2.68. The molecule has 0 aromatic heterocycles. The summed E-state index contributed by atoms with van der Waals surface area (Å²) in [5.41, 5.74) is 3.43. The molecule has 0 unspecified atom stereocenters. The monoisotopic (exact) mass is 517 g/mol. The van der Waals surface area contributed by atoms with E-state index in [1.807, 2.05) is 37.3 Å². The highest BCUT2D eigenvalue weighted by atomic mass is 127. The molecule has 0 saturated carbocycles. The molecular formula is C21H29ClIN3O2. The molecule has 0 aliphatic heterocycles. The molecule has 0 aliphatic rings. The minimum atomic E-state index is 0. The summed E-state index contributed by atoms with van der Waals surface area (Å²) in [5.74, 6) is 0.744. The quantitative estimate of drug-likeness (QED) is 0.213. The second-order valence-electron chi connectivity index (χ2n) is 5.98. The van der Waals surface area contributed by atoms with Crippen LogP contribution in [0.3, 0.4) is 0 Å². The van der Waals surface area contributed by atoms with E-state index in [9.17, 15) is 0 Å². The fourth-order valence-corrected chi connectivity index (χ4v) is 2.73. The van der Waals surface area contributed by atoms with Crippen LogP contribution in [0.5, 0.6) is 0 Å². The smallest absolute Gasteiger partial charge is 0.191 e. The average molecular weight is 518 g/mol. The van der Waals surface area contributed by atoms with Gasteiger partial charge in [-0.05, 0) is 35.7 Å². The molecule has 5 nitrogen and oxygen atoms in total. The van der Waals surface area contributed by atoms with Crippen LogP contribution in [0.1, 0.15) is 23.6 Å². The molecule has 2 aromatic carbocycles. The normalized spacial score (nSPS) is 11.0. The van der Waals surface area contributed by atoms with Crippen molar-refractivity contribution in [2.24, 2.45) is 4.99 Å². The molecule has 154 valence electrons. The molecule has 0 amide bonds. The molecular weight excluding hydrogens is 489 g/mol. The molecule has 0 fully saturated rings. The maximum Gasteiger partial charge on any atom is 0.191 e. The summed E-state index contributed by atoms with van der Waals surface area (Å²) in [6, 6.07) is 16.1. The number of hydrogen-bond donors (Lipinski definition) is 2. The molecule has 0 aliphatic carbocycles. The summed E-state index contributed by atoms with van der Waals surface area (Å²) in [6.07, 6.45) is 0. The van der Waals surface area contributed by atoms with E-state index in [-0.39, 0.29) is 24.0 Å². The van der Waals surface area contributed by atoms with E-state index in [0.29, 0.717) is 32.9 Å². The van der Waals surface area contributed by atoms with Crippen LogP contribution in [-0.4, -0.2) is 32.8 Å². The number of ether oxygens (including phenoxy) is 2. The van der Waals surface area contributed by atoms with Gasteiger partial charge in [0, 0.05) is 31.8 Å². The molecule has 7 heteroatoms. The number of hydrogen-bond acceptors (Lipinski definition) is 3. The van der Waals surface area contributed by atoms with Gasteiger partial charge in [-0.2, -0.15) is 0 Å². The Bertz CT molecular complexity index is 728. The fraction of sp³-hybridized carbons (Fsp3) is 0.381. The van der Waals surface area contributed by atoms with Crippen LogP contribution in [-0.2, 0) is 29.2 Å². The fourth-order valence-electron chi connectivity index (χ4n) is 2.52. The Kier molecular flexibility index (Phi) is 12.9. The Balaban J connectivity index is 0.00000392. The van der Waals surface area contributed by atoms with E-state index < -0.39 is 0 Å². The van der Waals surface area contributed by atoms with Crippen molar-refractivity contribution in [2.75, 3.05) is 26.9 Å². The molecule has 0 atom stereocenters. The molecule has 0 radical (unpaired) electrons. The first-order valence-electron chi connectivity index (χ1n) is 9.13. The first-order chi connectivity index (χ1) is 13.2. The van der Waals surface area contributed by atoms with E-state index in [1.54, 1.807) is 7.05 Å². The van der Waals surface area contributed by atoms with Crippen molar-refractivity contribution in [2.45, 2.75) is 26.6 Å². The van der Waals surface area contributed by atoms with E-state index in [0.717, 1.165) is 28.7 Å². The Labute approximate surface area is 189 Å². The molecule has 0 saturated heterocycles. The third-order valence-electron chi connectivity index (χ3n) is 3.87. The topological polar surface area (TPSA) is 54.9 Å². The van der Waals surface area contributed by atoms with Gasteiger partial charge in [0.15, 0.2) is 5.96 Å². The summed E-state index contributed by atoms with van der Waals surface area (Å²) in [5, 5.41) is 7.35. The van der Waals surface area contributed by atoms with Crippen LogP contribution >= 0.6 is 35.6 Å². The molecule has 28 heavy (non-hydrogen) atoms. The summed E-state index contributed by atoms with van der Waals surface area (Å²) < 4.78 is 10.9. The van der Waals surface area contributed by atoms with Gasteiger partial charge < -0.3 is 20.1 Å². The molecule has 0 spiro atoms. The third kappa shape index (κ3) is 9.73. The maximum absolute atomic E-state index is 6.02. The molecule has 2 N–H and O–H groups in total. The van der Waals surface area contributed by atoms with Crippen molar-refractivity contribution in [1.82, 2.24) is 10.6 Å². The largest absolute Gasteiger partial charge is 0.379 e. The third-order valence-corrected chi connectivity index (χ3v) is 4.10. The Morgan fingerprint density at radius 1 is 0.929 bits per heavy atom. The zero-order valence-electron chi connectivity index (χ0n) is 16.4. The summed E-state index contributed by atoms with van der Waals surface area (Å²) >= 11 is 6.02. The van der Waals surface area contributed by atoms with E-state index in [1.165, 1.54) is 5.56 Å². The summed E-state index contributed by atoms with van der Waals surface area (Å²) in [6.45, 7) is 5.87. The number of guanidine groups is 1. The van der Waals surface area contributed by atoms with Gasteiger partial charge in [0.2, 0.25) is 0 Å². The van der Waals surface area contributed by atoms with Crippen LogP contribution < -0.4 is 10.6 Å². The highest BCUT2D eigenvalue weighted by Gasteiger charge is 2.01. The molecule has 2 rings (SSSR count). The minimum absolute atomic E-state index is 0. The number of nitrogens with zero attached hydrogens (tertiary/aromatic N) is 1. The summed E-state index contributed by atoms with van der Waals surface area (Å²) in [7, 11) is 1.76. The van der Waals surface area contributed by atoms with Crippen LogP contribution in [0, 0.1) is 0 Å². The molecule has 2 aromatic rings. The van der Waals surface area contributed by atoms with E-state index in [4.69, 9.17) is 21.1 Å². The Morgan fingerprint density at radius 3 is 2.18 bits per heavy atom. The van der Waals surface area contributed by atoms with Gasteiger partial charge >= 0.3 is 0 Å². The first kappa shape index (κ1) is 24.7. The van der Waals surface area contributed by atoms with Crippen LogP contribution in [0.25, 0.3) is 0 Å². The number of aliphatic imine (C=N–C) groups is 1. The van der Waals surface area contributed by atoms with E-state index in [2.05, 4.69) is 33.8 Å². The van der Waals surface area contributed by atoms with Crippen molar-refractivity contribution in [3.05, 3.63) is 70.2 Å². The molecule has 0 heterocycles. The highest BCUT2D eigenvalue weighted by molar-refractivity contribution is 14.0. The lowest BCUT2D eigenvalue weighted by atomic mass is 10.1. The lowest BCUT2D eigenvalue weighted by Gasteiger charge is -2.13. The SMILES string of the molecule is CCOCCOCc1cccc(CNC(=NC)NCc2cccc(Cl)c2)c1.I. The van der Waals surface area contributed by atoms with Crippen LogP contribution in [0.2, 0.25) is 5.02 Å². The van der Waals surface area contributed by atoms with Gasteiger partial charge in [0.05, 0.1) is 19.8 Å². The highest BCUT2D eigenvalue weighted by Crippen LogP contribution is 2.10. The minimum Gasteiger partial charge on any atom is -0.379 e. The van der Waals surface area contributed by atoms with Gasteiger partial charge in [-0.25, -0.2) is 0 Å². The standard InChI is InChI=1S/C21H28ClN3O2.HI/c1-3-26-10-11-27-16-19-8-4-6-17(12-19)14-24-21(23-2)25-15-18-7-5-9-20(22)13-18;/h4-9,12-13H,3,10-11,14-16H2,1-2H3,(H2,23,24,25);1H. The predicted octanol–water partition coefficient (Wildman–Crippen LogP) is 4.38.